The highest BCUT2D eigenvalue weighted by molar-refractivity contribution is 5.55. The zero-order valence-electron chi connectivity index (χ0n) is 12.2. The third-order valence-electron chi connectivity index (χ3n) is 3.34. The van der Waals surface area contributed by atoms with Crippen LogP contribution in [0.15, 0.2) is 51.6 Å². The van der Waals surface area contributed by atoms with Crippen LogP contribution in [0.4, 0.5) is 6.01 Å². The molecule has 6 heteroatoms. The van der Waals surface area contributed by atoms with Crippen LogP contribution in [0.3, 0.4) is 0 Å². The van der Waals surface area contributed by atoms with Crippen molar-refractivity contribution in [2.45, 2.75) is 19.4 Å². The summed E-state index contributed by atoms with van der Waals surface area (Å²) in [4.78, 5) is 4.33. The quantitative estimate of drug-likeness (QED) is 0.727. The van der Waals surface area contributed by atoms with Gasteiger partial charge in [0.2, 0.25) is 5.82 Å². The molecule has 0 saturated carbocycles. The van der Waals surface area contributed by atoms with Crippen molar-refractivity contribution in [1.29, 1.82) is 0 Å². The smallest absolute Gasteiger partial charge is 0.322 e. The Morgan fingerprint density at radius 3 is 2.73 bits per heavy atom. The lowest BCUT2D eigenvalue weighted by molar-refractivity contribution is 0.271. The molecule has 0 aliphatic carbocycles. The van der Waals surface area contributed by atoms with E-state index in [2.05, 4.69) is 15.5 Å². The highest BCUT2D eigenvalue weighted by Crippen LogP contribution is 2.24. The van der Waals surface area contributed by atoms with E-state index in [1.807, 2.05) is 37.3 Å². The van der Waals surface area contributed by atoms with E-state index in [1.165, 1.54) is 5.56 Å². The van der Waals surface area contributed by atoms with Crippen LogP contribution in [0.1, 0.15) is 23.8 Å². The number of aryl methyl sites for hydroxylation is 1. The average Bonchev–Trinajstić information content (AvgIpc) is 3.19. The number of hydrogen-bond donors (Lipinski definition) is 2. The molecule has 2 N–H and O–H groups in total. The van der Waals surface area contributed by atoms with Crippen molar-refractivity contribution < 1.29 is 14.0 Å². The maximum Gasteiger partial charge on any atom is 0.322 e. The van der Waals surface area contributed by atoms with Crippen molar-refractivity contribution in [3.8, 4) is 11.4 Å². The van der Waals surface area contributed by atoms with Crippen molar-refractivity contribution in [1.82, 2.24) is 10.1 Å². The second kappa shape index (κ2) is 6.44. The van der Waals surface area contributed by atoms with Crippen LogP contribution in [0.25, 0.3) is 11.4 Å². The number of anilines is 1. The van der Waals surface area contributed by atoms with E-state index < -0.39 is 0 Å². The van der Waals surface area contributed by atoms with Gasteiger partial charge in [0.1, 0.15) is 5.76 Å². The summed E-state index contributed by atoms with van der Waals surface area (Å²) in [6.07, 6.45) is 2.07. The number of aromatic nitrogens is 2. The van der Waals surface area contributed by atoms with E-state index in [-0.39, 0.29) is 12.6 Å². The molecule has 0 fully saturated rings. The fourth-order valence-corrected chi connectivity index (χ4v) is 2.16. The van der Waals surface area contributed by atoms with Gasteiger partial charge in [0.15, 0.2) is 0 Å². The van der Waals surface area contributed by atoms with Crippen LogP contribution in [-0.4, -0.2) is 21.9 Å². The minimum absolute atomic E-state index is 0.0251. The molecule has 0 aliphatic rings. The molecule has 0 saturated heterocycles. The number of nitrogens with one attached hydrogen (secondary N) is 1. The first-order valence-electron chi connectivity index (χ1n) is 7.08. The van der Waals surface area contributed by atoms with Crippen molar-refractivity contribution >= 4 is 6.01 Å². The summed E-state index contributed by atoms with van der Waals surface area (Å²) in [6, 6.07) is 11.6. The van der Waals surface area contributed by atoms with E-state index in [0.29, 0.717) is 24.0 Å². The molecule has 3 rings (SSSR count). The number of hydrogen-bond acceptors (Lipinski definition) is 6. The minimum atomic E-state index is -0.216. The van der Waals surface area contributed by atoms with E-state index in [1.54, 1.807) is 12.3 Å². The number of benzene rings is 1. The predicted octanol–water partition coefficient (Wildman–Crippen LogP) is 3.17. The zero-order chi connectivity index (χ0) is 15.4. The van der Waals surface area contributed by atoms with Crippen LogP contribution >= 0.6 is 0 Å². The van der Waals surface area contributed by atoms with E-state index in [4.69, 9.17) is 8.94 Å². The highest BCUT2D eigenvalue weighted by Gasteiger charge is 2.17. The number of aliphatic hydroxyl groups is 1. The minimum Gasteiger partial charge on any atom is -0.467 e. The van der Waals surface area contributed by atoms with Gasteiger partial charge in [-0.25, -0.2) is 0 Å². The highest BCUT2D eigenvalue weighted by atomic mass is 16.5. The van der Waals surface area contributed by atoms with Crippen LogP contribution < -0.4 is 5.32 Å². The van der Waals surface area contributed by atoms with Crippen molar-refractivity contribution in [2.24, 2.45) is 0 Å². The van der Waals surface area contributed by atoms with E-state index in [9.17, 15) is 5.11 Å². The molecular formula is C16H17N3O3. The molecule has 1 aromatic carbocycles. The Labute approximate surface area is 127 Å². The van der Waals surface area contributed by atoms with Gasteiger partial charge in [0.25, 0.3) is 0 Å². The predicted molar refractivity (Wildman–Crippen MR) is 81.2 cm³/mol. The summed E-state index contributed by atoms with van der Waals surface area (Å²) in [7, 11) is 0. The first-order valence-corrected chi connectivity index (χ1v) is 7.08. The molecular weight excluding hydrogens is 282 g/mol. The fourth-order valence-electron chi connectivity index (χ4n) is 2.16. The van der Waals surface area contributed by atoms with Crippen LogP contribution in [0.5, 0.6) is 0 Å². The molecule has 2 heterocycles. The van der Waals surface area contributed by atoms with Gasteiger partial charge in [-0.2, -0.15) is 4.98 Å². The molecule has 0 aliphatic heterocycles. The van der Waals surface area contributed by atoms with Crippen molar-refractivity contribution in [3.63, 3.8) is 0 Å². The fraction of sp³-hybridized carbons (Fsp3) is 0.250. The third kappa shape index (κ3) is 3.17. The lowest BCUT2D eigenvalue weighted by atomic mass is 10.1. The molecule has 0 amide bonds. The summed E-state index contributed by atoms with van der Waals surface area (Å²) in [5.74, 6) is 1.23. The molecule has 0 bridgehead atoms. The van der Waals surface area contributed by atoms with Gasteiger partial charge in [0, 0.05) is 12.2 Å². The first kappa shape index (κ1) is 14.3. The summed E-state index contributed by atoms with van der Waals surface area (Å²) in [5, 5.41) is 16.2. The monoisotopic (exact) mass is 299 g/mol. The lowest BCUT2D eigenvalue weighted by Crippen LogP contribution is -2.11. The number of aliphatic hydroxyl groups excluding tert-OH is 1. The lowest BCUT2D eigenvalue weighted by Gasteiger charge is -2.12. The van der Waals surface area contributed by atoms with Gasteiger partial charge in [-0.15, -0.1) is 0 Å². The molecule has 114 valence electrons. The second-order valence-electron chi connectivity index (χ2n) is 5.01. The van der Waals surface area contributed by atoms with E-state index >= 15 is 0 Å². The Morgan fingerprint density at radius 1 is 1.23 bits per heavy atom. The summed E-state index contributed by atoms with van der Waals surface area (Å²) in [6.45, 7) is 2.05. The second-order valence-corrected chi connectivity index (χ2v) is 5.01. The summed E-state index contributed by atoms with van der Waals surface area (Å²) in [5.41, 5.74) is 2.06. The third-order valence-corrected chi connectivity index (χ3v) is 3.34. The first-order chi connectivity index (χ1) is 10.8. The van der Waals surface area contributed by atoms with Gasteiger partial charge in [-0.1, -0.05) is 35.0 Å². The molecule has 3 aromatic rings. The Bertz CT molecular complexity index is 705. The molecule has 22 heavy (non-hydrogen) atoms. The van der Waals surface area contributed by atoms with Gasteiger partial charge in [-0.3, -0.25) is 0 Å². The Balaban J connectivity index is 1.76. The number of nitrogens with zero attached hydrogens (tertiary/aromatic N) is 2. The SMILES string of the molecule is Cc1ccc(-c2noc(NC(CCO)c3ccco3)n2)cc1. The molecule has 6 nitrogen and oxygen atoms in total. The van der Waals surface area contributed by atoms with Crippen LogP contribution in [0.2, 0.25) is 0 Å². The average molecular weight is 299 g/mol. The standard InChI is InChI=1S/C16H17N3O3/c1-11-4-6-12(7-5-11)15-18-16(22-19-15)17-13(8-9-20)14-3-2-10-21-14/h2-7,10,13,20H,8-9H2,1H3,(H,17,18,19). The maximum absolute atomic E-state index is 9.17. The molecule has 0 spiro atoms. The van der Waals surface area contributed by atoms with Gasteiger partial charge < -0.3 is 19.4 Å². The van der Waals surface area contributed by atoms with Crippen molar-refractivity contribution in [2.75, 3.05) is 11.9 Å². The summed E-state index contributed by atoms with van der Waals surface area (Å²) >= 11 is 0. The zero-order valence-corrected chi connectivity index (χ0v) is 12.2. The molecule has 2 aromatic heterocycles. The van der Waals surface area contributed by atoms with Crippen LogP contribution in [-0.2, 0) is 0 Å². The Kier molecular flexibility index (Phi) is 4.20. The molecule has 1 atom stereocenters. The van der Waals surface area contributed by atoms with Crippen LogP contribution in [0, 0.1) is 6.92 Å². The number of furan rings is 1. The Morgan fingerprint density at radius 2 is 2.05 bits per heavy atom. The van der Waals surface area contributed by atoms with Gasteiger partial charge in [0.05, 0.1) is 12.3 Å². The molecule has 1 unspecified atom stereocenters. The molecule has 0 radical (unpaired) electrons. The number of rotatable bonds is 6. The maximum atomic E-state index is 9.17. The van der Waals surface area contributed by atoms with Gasteiger partial charge >= 0.3 is 6.01 Å². The summed E-state index contributed by atoms with van der Waals surface area (Å²) < 4.78 is 10.6. The van der Waals surface area contributed by atoms with E-state index in [0.717, 1.165) is 5.56 Å². The normalized spacial score (nSPS) is 12.3. The largest absolute Gasteiger partial charge is 0.467 e. The van der Waals surface area contributed by atoms with Gasteiger partial charge in [-0.05, 0) is 25.5 Å². The van der Waals surface area contributed by atoms with Crippen molar-refractivity contribution in [3.05, 3.63) is 54.0 Å². The topological polar surface area (TPSA) is 84.3 Å². The Hall–Kier alpha value is -2.60.